The van der Waals surface area contributed by atoms with Crippen LogP contribution in [-0.4, -0.2) is 5.91 Å². The van der Waals surface area contributed by atoms with Crippen molar-refractivity contribution in [2.75, 3.05) is 5.73 Å². The van der Waals surface area contributed by atoms with Crippen LogP contribution in [0.3, 0.4) is 0 Å². The van der Waals surface area contributed by atoms with Crippen molar-refractivity contribution in [2.24, 2.45) is 0 Å². The fourth-order valence-electron chi connectivity index (χ4n) is 1.98. The van der Waals surface area contributed by atoms with Crippen LogP contribution in [0.1, 0.15) is 16.7 Å². The molecule has 0 radical (unpaired) electrons. The van der Waals surface area contributed by atoms with Crippen LogP contribution in [0.25, 0.3) is 0 Å². The van der Waals surface area contributed by atoms with Crippen LogP contribution in [0.5, 0.6) is 0 Å². The summed E-state index contributed by atoms with van der Waals surface area (Å²) < 4.78 is 0. The van der Waals surface area contributed by atoms with Crippen molar-refractivity contribution in [3.8, 4) is 0 Å². The van der Waals surface area contributed by atoms with Gasteiger partial charge in [-0.3, -0.25) is 4.79 Å². The summed E-state index contributed by atoms with van der Waals surface area (Å²) in [5.41, 5.74) is 9.53. The van der Waals surface area contributed by atoms with Crippen LogP contribution >= 0.6 is 11.6 Å². The van der Waals surface area contributed by atoms with E-state index in [1.165, 1.54) is 0 Å². The van der Waals surface area contributed by atoms with E-state index in [1.807, 2.05) is 37.3 Å². The van der Waals surface area contributed by atoms with Crippen LogP contribution in [0, 0.1) is 6.92 Å². The topological polar surface area (TPSA) is 55.1 Å². The summed E-state index contributed by atoms with van der Waals surface area (Å²) in [6, 6.07) is 13.0. The summed E-state index contributed by atoms with van der Waals surface area (Å²) in [6.07, 6.45) is 0.321. The van der Waals surface area contributed by atoms with E-state index in [0.717, 1.165) is 22.4 Å². The van der Waals surface area contributed by atoms with E-state index in [1.54, 1.807) is 12.1 Å². The van der Waals surface area contributed by atoms with E-state index in [0.29, 0.717) is 18.0 Å². The Labute approximate surface area is 123 Å². The minimum absolute atomic E-state index is 0.0332. The Kier molecular flexibility index (Phi) is 4.64. The van der Waals surface area contributed by atoms with Gasteiger partial charge in [-0.15, -0.1) is 0 Å². The monoisotopic (exact) mass is 288 g/mol. The van der Waals surface area contributed by atoms with Gasteiger partial charge in [0.2, 0.25) is 5.91 Å². The molecule has 2 aromatic carbocycles. The highest BCUT2D eigenvalue weighted by molar-refractivity contribution is 6.30. The van der Waals surface area contributed by atoms with Gasteiger partial charge in [0, 0.05) is 17.3 Å². The van der Waals surface area contributed by atoms with Crippen LogP contribution in [0.15, 0.2) is 42.5 Å². The van der Waals surface area contributed by atoms with E-state index in [4.69, 9.17) is 17.3 Å². The fourth-order valence-corrected chi connectivity index (χ4v) is 2.20. The Morgan fingerprint density at radius 1 is 1.25 bits per heavy atom. The maximum atomic E-state index is 11.9. The smallest absolute Gasteiger partial charge is 0.224 e. The molecular weight excluding hydrogens is 272 g/mol. The van der Waals surface area contributed by atoms with Gasteiger partial charge < -0.3 is 11.1 Å². The molecule has 0 aromatic heterocycles. The van der Waals surface area contributed by atoms with E-state index in [-0.39, 0.29) is 5.91 Å². The van der Waals surface area contributed by atoms with Gasteiger partial charge >= 0.3 is 0 Å². The van der Waals surface area contributed by atoms with E-state index < -0.39 is 0 Å². The Morgan fingerprint density at radius 2 is 2.00 bits per heavy atom. The molecular formula is C16H17ClN2O. The van der Waals surface area contributed by atoms with Gasteiger partial charge in [0.25, 0.3) is 0 Å². The second-order valence-electron chi connectivity index (χ2n) is 4.71. The molecule has 2 aromatic rings. The Balaban J connectivity index is 1.94. The van der Waals surface area contributed by atoms with Crippen molar-refractivity contribution < 1.29 is 4.79 Å². The predicted octanol–water partition coefficient (Wildman–Crippen LogP) is 3.09. The lowest BCUT2D eigenvalue weighted by Gasteiger charge is -2.10. The molecule has 0 atom stereocenters. The molecule has 3 nitrogen and oxygen atoms in total. The molecule has 0 saturated carbocycles. The number of benzene rings is 2. The van der Waals surface area contributed by atoms with Gasteiger partial charge in [-0.05, 0) is 41.8 Å². The molecule has 2 rings (SSSR count). The molecule has 0 aliphatic heterocycles. The van der Waals surface area contributed by atoms with Crippen molar-refractivity contribution in [3.05, 3.63) is 64.2 Å². The minimum Gasteiger partial charge on any atom is -0.399 e. The molecule has 3 N–H and O–H groups in total. The van der Waals surface area contributed by atoms with E-state index >= 15 is 0 Å². The Bertz CT molecular complexity index is 626. The first kappa shape index (κ1) is 14.4. The molecule has 20 heavy (non-hydrogen) atoms. The Hall–Kier alpha value is -2.00. The zero-order valence-electron chi connectivity index (χ0n) is 11.3. The normalized spacial score (nSPS) is 10.3. The number of nitrogens with two attached hydrogens (primary N) is 1. The molecule has 0 unspecified atom stereocenters. The highest BCUT2D eigenvalue weighted by Crippen LogP contribution is 2.15. The number of anilines is 1. The van der Waals surface area contributed by atoms with Gasteiger partial charge in [0.1, 0.15) is 0 Å². The van der Waals surface area contributed by atoms with Crippen LogP contribution < -0.4 is 11.1 Å². The first-order chi connectivity index (χ1) is 9.56. The first-order valence-electron chi connectivity index (χ1n) is 6.41. The highest BCUT2D eigenvalue weighted by atomic mass is 35.5. The molecule has 0 spiro atoms. The standard InChI is InChI=1S/C16H17ClN2O/c1-11-13(5-3-7-15(11)18)10-19-16(20)9-12-4-2-6-14(17)8-12/h2-8H,9-10,18H2,1H3,(H,19,20). The zero-order valence-corrected chi connectivity index (χ0v) is 12.1. The maximum Gasteiger partial charge on any atom is 0.224 e. The van der Waals surface area contributed by atoms with Crippen LogP contribution in [-0.2, 0) is 17.8 Å². The van der Waals surface area contributed by atoms with Gasteiger partial charge in [-0.1, -0.05) is 35.9 Å². The molecule has 0 fully saturated rings. The highest BCUT2D eigenvalue weighted by Gasteiger charge is 2.06. The number of hydrogen-bond donors (Lipinski definition) is 2. The number of hydrogen-bond acceptors (Lipinski definition) is 2. The fraction of sp³-hybridized carbons (Fsp3) is 0.188. The lowest BCUT2D eigenvalue weighted by atomic mass is 10.1. The van der Waals surface area contributed by atoms with Crippen molar-refractivity contribution in [1.82, 2.24) is 5.32 Å². The van der Waals surface area contributed by atoms with Gasteiger partial charge in [0.15, 0.2) is 0 Å². The van der Waals surface area contributed by atoms with Crippen LogP contribution in [0.2, 0.25) is 5.02 Å². The number of carbonyl (C=O) groups excluding carboxylic acids is 1. The third-order valence-corrected chi connectivity index (χ3v) is 3.45. The summed E-state index contributed by atoms with van der Waals surface area (Å²) in [5.74, 6) is -0.0332. The average molecular weight is 289 g/mol. The van der Waals surface area contributed by atoms with Crippen molar-refractivity contribution in [3.63, 3.8) is 0 Å². The zero-order chi connectivity index (χ0) is 14.5. The number of nitrogen functional groups attached to an aromatic ring is 1. The predicted molar refractivity (Wildman–Crippen MR) is 82.6 cm³/mol. The first-order valence-corrected chi connectivity index (χ1v) is 6.79. The SMILES string of the molecule is Cc1c(N)cccc1CNC(=O)Cc1cccc(Cl)c1. The van der Waals surface area contributed by atoms with Crippen molar-refractivity contribution in [2.45, 2.75) is 19.9 Å². The second kappa shape index (κ2) is 6.44. The van der Waals surface area contributed by atoms with E-state index in [2.05, 4.69) is 5.32 Å². The molecule has 0 heterocycles. The number of amides is 1. The maximum absolute atomic E-state index is 11.9. The molecule has 0 aliphatic carbocycles. The molecule has 0 bridgehead atoms. The summed E-state index contributed by atoms with van der Waals surface area (Å²) >= 11 is 5.89. The van der Waals surface area contributed by atoms with Gasteiger partial charge in [-0.25, -0.2) is 0 Å². The Morgan fingerprint density at radius 3 is 2.75 bits per heavy atom. The quantitative estimate of drug-likeness (QED) is 0.850. The summed E-state index contributed by atoms with van der Waals surface area (Å²) in [4.78, 5) is 11.9. The molecule has 0 aliphatic rings. The second-order valence-corrected chi connectivity index (χ2v) is 5.15. The minimum atomic E-state index is -0.0332. The number of nitrogens with one attached hydrogen (secondary N) is 1. The van der Waals surface area contributed by atoms with Gasteiger partial charge in [0.05, 0.1) is 6.42 Å². The van der Waals surface area contributed by atoms with Gasteiger partial charge in [-0.2, -0.15) is 0 Å². The summed E-state index contributed by atoms with van der Waals surface area (Å²) in [7, 11) is 0. The van der Waals surface area contributed by atoms with Crippen molar-refractivity contribution >= 4 is 23.2 Å². The molecule has 1 amide bonds. The number of halogens is 1. The number of carbonyl (C=O) groups is 1. The third-order valence-electron chi connectivity index (χ3n) is 3.22. The number of rotatable bonds is 4. The lowest BCUT2D eigenvalue weighted by Crippen LogP contribution is -2.25. The molecule has 0 saturated heterocycles. The summed E-state index contributed by atoms with van der Waals surface area (Å²) in [6.45, 7) is 2.43. The summed E-state index contributed by atoms with van der Waals surface area (Å²) in [5, 5.41) is 3.54. The average Bonchev–Trinajstić information content (AvgIpc) is 2.40. The lowest BCUT2D eigenvalue weighted by molar-refractivity contribution is -0.120. The van der Waals surface area contributed by atoms with Crippen molar-refractivity contribution in [1.29, 1.82) is 0 Å². The third kappa shape index (κ3) is 3.75. The molecule has 4 heteroatoms. The van der Waals surface area contributed by atoms with Crippen LogP contribution in [0.4, 0.5) is 5.69 Å². The largest absolute Gasteiger partial charge is 0.399 e. The molecule has 104 valence electrons. The van der Waals surface area contributed by atoms with E-state index in [9.17, 15) is 4.79 Å².